The third-order valence-corrected chi connectivity index (χ3v) is 7.08. The number of furan rings is 2. The van der Waals surface area contributed by atoms with Gasteiger partial charge in [-0.25, -0.2) is 0 Å². The molecule has 0 radical (unpaired) electrons. The summed E-state index contributed by atoms with van der Waals surface area (Å²) >= 11 is 0. The Morgan fingerprint density at radius 1 is 0.583 bits per heavy atom. The summed E-state index contributed by atoms with van der Waals surface area (Å²) in [5.74, 6) is 0. The molecule has 0 bridgehead atoms. The highest BCUT2D eigenvalue weighted by molar-refractivity contribution is 6.25. The first-order chi connectivity index (χ1) is 17.5. The summed E-state index contributed by atoms with van der Waals surface area (Å²) in [5, 5.41) is 4.40. The van der Waals surface area contributed by atoms with Gasteiger partial charge in [-0.1, -0.05) is 75.4 Å². The van der Waals surface area contributed by atoms with Crippen molar-refractivity contribution in [1.82, 2.24) is 4.98 Å². The van der Waals surface area contributed by atoms with Crippen LogP contribution in [0.15, 0.2) is 106 Å². The van der Waals surface area contributed by atoms with E-state index in [0.717, 1.165) is 66.3 Å². The van der Waals surface area contributed by atoms with E-state index in [4.69, 9.17) is 13.8 Å². The minimum absolute atomic E-state index is 0.0663. The van der Waals surface area contributed by atoms with Crippen molar-refractivity contribution in [2.24, 2.45) is 0 Å². The van der Waals surface area contributed by atoms with E-state index in [9.17, 15) is 0 Å². The Hall–Kier alpha value is -4.37. The Labute approximate surface area is 209 Å². The summed E-state index contributed by atoms with van der Waals surface area (Å²) in [4.78, 5) is 4.77. The van der Waals surface area contributed by atoms with Gasteiger partial charge in [0.1, 0.15) is 22.3 Å². The van der Waals surface area contributed by atoms with Crippen molar-refractivity contribution in [3.63, 3.8) is 0 Å². The molecule has 174 valence electrons. The summed E-state index contributed by atoms with van der Waals surface area (Å²) in [7, 11) is 0. The smallest absolute Gasteiger partial charge is 0.139 e. The van der Waals surface area contributed by atoms with Crippen LogP contribution in [0.25, 0.3) is 66.3 Å². The molecule has 0 aliphatic carbocycles. The fourth-order valence-electron chi connectivity index (χ4n) is 5.27. The third-order valence-electron chi connectivity index (χ3n) is 7.08. The van der Waals surface area contributed by atoms with Gasteiger partial charge in [0.05, 0.1) is 5.69 Å². The van der Waals surface area contributed by atoms with Crippen LogP contribution in [0.1, 0.15) is 26.3 Å². The molecule has 0 N–H and O–H groups in total. The lowest BCUT2D eigenvalue weighted by atomic mass is 9.86. The SMILES string of the molecule is CC(C)(C)c1cccc(-c2cc(-c3c4c(cc5oc6ccccc6c35)oc3ccccc34)ccn2)c1. The zero-order valence-electron chi connectivity index (χ0n) is 20.5. The molecule has 0 fully saturated rings. The number of nitrogens with zero attached hydrogens (tertiary/aromatic N) is 1. The first kappa shape index (κ1) is 21.0. The van der Waals surface area contributed by atoms with Crippen molar-refractivity contribution in [2.75, 3.05) is 0 Å². The normalized spacial score (nSPS) is 12.3. The minimum Gasteiger partial charge on any atom is -0.456 e. The maximum atomic E-state index is 6.31. The molecule has 4 aromatic carbocycles. The van der Waals surface area contributed by atoms with Crippen LogP contribution < -0.4 is 0 Å². The summed E-state index contributed by atoms with van der Waals surface area (Å²) in [6, 6.07) is 31.5. The lowest BCUT2D eigenvalue weighted by Gasteiger charge is -2.19. The topological polar surface area (TPSA) is 39.2 Å². The van der Waals surface area contributed by atoms with E-state index >= 15 is 0 Å². The highest BCUT2D eigenvalue weighted by Crippen LogP contribution is 2.45. The molecule has 3 heteroatoms. The maximum Gasteiger partial charge on any atom is 0.139 e. The number of rotatable bonds is 2. The van der Waals surface area contributed by atoms with Crippen LogP contribution in [-0.4, -0.2) is 4.98 Å². The average molecular weight is 468 g/mol. The second-order valence-corrected chi connectivity index (χ2v) is 10.5. The van der Waals surface area contributed by atoms with Crippen LogP contribution in [0.2, 0.25) is 0 Å². The molecule has 0 unspecified atom stereocenters. The van der Waals surface area contributed by atoms with Crippen molar-refractivity contribution in [2.45, 2.75) is 26.2 Å². The maximum absolute atomic E-state index is 6.31. The monoisotopic (exact) mass is 467 g/mol. The minimum atomic E-state index is 0.0663. The molecular formula is C33H25NO2. The van der Waals surface area contributed by atoms with E-state index in [1.807, 2.05) is 36.5 Å². The molecule has 7 aromatic rings. The van der Waals surface area contributed by atoms with Gasteiger partial charge in [0.25, 0.3) is 0 Å². The Bertz CT molecular complexity index is 1840. The van der Waals surface area contributed by atoms with E-state index in [1.165, 1.54) is 5.56 Å². The third kappa shape index (κ3) is 3.16. The lowest BCUT2D eigenvalue weighted by Crippen LogP contribution is -2.10. The van der Waals surface area contributed by atoms with Crippen LogP contribution in [0.5, 0.6) is 0 Å². The molecule has 0 spiro atoms. The molecule has 36 heavy (non-hydrogen) atoms. The number of hydrogen-bond acceptors (Lipinski definition) is 3. The number of para-hydroxylation sites is 2. The van der Waals surface area contributed by atoms with E-state index in [-0.39, 0.29) is 5.41 Å². The van der Waals surface area contributed by atoms with Crippen molar-refractivity contribution in [3.05, 3.63) is 103 Å². The van der Waals surface area contributed by atoms with Crippen molar-refractivity contribution in [1.29, 1.82) is 0 Å². The van der Waals surface area contributed by atoms with Crippen molar-refractivity contribution in [3.8, 4) is 22.4 Å². The quantitative estimate of drug-likeness (QED) is 0.254. The second-order valence-electron chi connectivity index (χ2n) is 10.5. The number of hydrogen-bond donors (Lipinski definition) is 0. The Balaban J connectivity index is 1.57. The predicted octanol–water partition coefficient (Wildman–Crippen LogP) is 9.51. The number of fused-ring (bicyclic) bond motifs is 6. The first-order valence-corrected chi connectivity index (χ1v) is 12.3. The highest BCUT2D eigenvalue weighted by atomic mass is 16.3. The highest BCUT2D eigenvalue weighted by Gasteiger charge is 2.21. The molecule has 0 aliphatic heterocycles. The zero-order chi connectivity index (χ0) is 24.4. The number of pyridine rings is 1. The standard InChI is InChI=1S/C33H25NO2/c1-33(2,3)22-10-8-9-20(17-22)25-18-21(15-16-34-25)30-31-23-11-4-6-13-26(23)35-28(31)19-29-32(30)24-12-5-7-14-27(24)36-29/h4-19H,1-3H3. The van der Waals surface area contributed by atoms with Crippen LogP contribution >= 0.6 is 0 Å². The number of aromatic nitrogens is 1. The van der Waals surface area contributed by atoms with Gasteiger partial charge >= 0.3 is 0 Å². The molecule has 0 saturated heterocycles. The van der Waals surface area contributed by atoms with E-state index in [0.29, 0.717) is 0 Å². The van der Waals surface area contributed by atoms with Crippen molar-refractivity contribution < 1.29 is 8.83 Å². The van der Waals surface area contributed by atoms with Crippen molar-refractivity contribution >= 4 is 43.9 Å². The first-order valence-electron chi connectivity index (χ1n) is 12.3. The Kier molecular flexibility index (Phi) is 4.40. The van der Waals surface area contributed by atoms with Gasteiger partial charge in [0.15, 0.2) is 0 Å². The van der Waals surface area contributed by atoms with Gasteiger partial charge in [-0.2, -0.15) is 0 Å². The molecule has 0 saturated carbocycles. The molecule has 0 amide bonds. The van der Waals surface area contributed by atoms with E-state index in [2.05, 4.69) is 81.4 Å². The molecule has 3 heterocycles. The largest absolute Gasteiger partial charge is 0.456 e. The van der Waals surface area contributed by atoms with Crippen LogP contribution in [-0.2, 0) is 5.41 Å². The van der Waals surface area contributed by atoms with E-state index in [1.54, 1.807) is 0 Å². The van der Waals surface area contributed by atoms with Crippen LogP contribution in [0.4, 0.5) is 0 Å². The fourth-order valence-corrected chi connectivity index (χ4v) is 5.27. The van der Waals surface area contributed by atoms with Gasteiger partial charge in [-0.05, 0) is 46.9 Å². The van der Waals surface area contributed by atoms with E-state index < -0.39 is 0 Å². The van der Waals surface area contributed by atoms with Gasteiger partial charge in [0, 0.05) is 44.9 Å². The summed E-state index contributed by atoms with van der Waals surface area (Å²) in [5.41, 5.74) is 9.02. The molecule has 3 nitrogen and oxygen atoms in total. The molecule has 0 aliphatic rings. The second kappa shape index (κ2) is 7.56. The van der Waals surface area contributed by atoms with Gasteiger partial charge in [-0.3, -0.25) is 4.98 Å². The molecule has 7 rings (SSSR count). The summed E-state index contributed by atoms with van der Waals surface area (Å²) in [6.45, 7) is 6.71. The molecule has 0 atom stereocenters. The zero-order valence-corrected chi connectivity index (χ0v) is 20.5. The summed E-state index contributed by atoms with van der Waals surface area (Å²) in [6.07, 6.45) is 1.91. The van der Waals surface area contributed by atoms with Gasteiger partial charge in [-0.15, -0.1) is 0 Å². The number of benzene rings is 4. The Morgan fingerprint density at radius 2 is 1.22 bits per heavy atom. The van der Waals surface area contributed by atoms with Crippen LogP contribution in [0, 0.1) is 0 Å². The molecular weight excluding hydrogens is 442 g/mol. The Morgan fingerprint density at radius 3 is 1.86 bits per heavy atom. The average Bonchev–Trinajstić information content (AvgIpc) is 3.45. The predicted molar refractivity (Wildman–Crippen MR) is 148 cm³/mol. The van der Waals surface area contributed by atoms with Crippen LogP contribution in [0.3, 0.4) is 0 Å². The molecule has 3 aromatic heterocycles. The van der Waals surface area contributed by atoms with Gasteiger partial charge in [0.2, 0.25) is 0 Å². The lowest BCUT2D eigenvalue weighted by molar-refractivity contribution is 0.590. The summed E-state index contributed by atoms with van der Waals surface area (Å²) < 4.78 is 12.6. The fraction of sp³-hybridized carbons (Fsp3) is 0.121. The van der Waals surface area contributed by atoms with Gasteiger partial charge < -0.3 is 8.83 Å².